The first-order valence-electron chi connectivity index (χ1n) is 7.55. The van der Waals surface area contributed by atoms with E-state index in [2.05, 4.69) is 40.6 Å². The van der Waals surface area contributed by atoms with Gasteiger partial charge in [0, 0.05) is 37.7 Å². The Hall–Kier alpha value is -1.25. The molecule has 0 saturated heterocycles. The summed E-state index contributed by atoms with van der Waals surface area (Å²) in [5.41, 5.74) is 2.05. The number of H-pyrrole nitrogens is 1. The van der Waals surface area contributed by atoms with E-state index in [9.17, 15) is 10.1 Å². The zero-order valence-corrected chi connectivity index (χ0v) is 16.8. The highest BCUT2D eigenvalue weighted by Crippen LogP contribution is 2.32. The molecule has 0 aliphatic carbocycles. The third-order valence-electron chi connectivity index (χ3n) is 3.87. The predicted molar refractivity (Wildman–Crippen MR) is 96.4 cm³/mol. The van der Waals surface area contributed by atoms with E-state index < -0.39 is 8.07 Å². The fraction of sp³-hybridized carbons (Fsp3) is 0.533. The van der Waals surface area contributed by atoms with Gasteiger partial charge in [-0.1, -0.05) is 35.6 Å². The number of benzene rings is 1. The lowest BCUT2D eigenvalue weighted by Crippen LogP contribution is -2.37. The lowest BCUT2D eigenvalue weighted by Gasteiger charge is -2.14. The van der Waals surface area contributed by atoms with E-state index in [0.717, 1.165) is 21.9 Å². The van der Waals surface area contributed by atoms with Crippen molar-refractivity contribution in [1.82, 2.24) is 4.98 Å². The maximum absolute atomic E-state index is 11.4. The molecule has 0 fully saturated rings. The molecule has 0 spiro atoms. The molecule has 0 aliphatic heterocycles. The molecule has 1 N–H and O–H groups in total. The maximum atomic E-state index is 11.4. The molecular formula is C15H23BrN3O3Si+. The molecule has 1 heterocycles. The predicted octanol–water partition coefficient (Wildman–Crippen LogP) is 4.06. The second kappa shape index (κ2) is 6.70. The number of rotatable bonds is 6. The highest BCUT2D eigenvalue weighted by Gasteiger charge is 2.28. The van der Waals surface area contributed by atoms with E-state index in [1.54, 1.807) is 6.92 Å². The van der Waals surface area contributed by atoms with Gasteiger partial charge in [-0.2, -0.15) is 0 Å². The van der Waals surface area contributed by atoms with Gasteiger partial charge in [-0.15, -0.1) is 0 Å². The van der Waals surface area contributed by atoms with Crippen LogP contribution in [0.5, 0.6) is 0 Å². The molecule has 0 saturated carbocycles. The minimum Gasteiger partial charge on any atom is -0.342 e. The standard InChI is InChI=1S/C15H22BrN3O3Si/c1-10-12(16)8-13-14(15(10)19(20)21)17-11(2)18(13)9-22-6-7-23(3,4)5/h8H,6-7,9H2,1-5H3/p+1. The van der Waals surface area contributed by atoms with Crippen molar-refractivity contribution in [1.29, 1.82) is 0 Å². The normalized spacial score (nSPS) is 12.1. The van der Waals surface area contributed by atoms with E-state index in [4.69, 9.17) is 4.74 Å². The minimum atomic E-state index is -1.13. The first kappa shape index (κ1) is 18.1. The highest BCUT2D eigenvalue weighted by atomic mass is 79.9. The summed E-state index contributed by atoms with van der Waals surface area (Å²) in [4.78, 5) is 14.2. The smallest absolute Gasteiger partial charge is 0.323 e. The Morgan fingerprint density at radius 1 is 1.39 bits per heavy atom. The first-order chi connectivity index (χ1) is 10.6. The maximum Gasteiger partial charge on any atom is 0.323 e. The van der Waals surface area contributed by atoms with Crippen molar-refractivity contribution in [3.05, 3.63) is 32.0 Å². The number of aromatic amines is 1. The summed E-state index contributed by atoms with van der Waals surface area (Å²) < 4.78 is 8.48. The van der Waals surface area contributed by atoms with Crippen molar-refractivity contribution in [3.8, 4) is 0 Å². The van der Waals surface area contributed by atoms with Crippen LogP contribution >= 0.6 is 15.9 Å². The summed E-state index contributed by atoms with van der Waals surface area (Å²) in [6.45, 7) is 11.7. The third-order valence-corrected chi connectivity index (χ3v) is 6.40. The number of fused-ring (bicyclic) bond motifs is 1. The molecule has 8 heteroatoms. The zero-order valence-electron chi connectivity index (χ0n) is 14.2. The van der Waals surface area contributed by atoms with Gasteiger partial charge in [0.2, 0.25) is 0 Å². The van der Waals surface area contributed by atoms with Gasteiger partial charge in [0.05, 0.1) is 4.92 Å². The quantitative estimate of drug-likeness (QED) is 0.261. The molecule has 0 amide bonds. The SMILES string of the molecule is Cc1c(Br)cc2c([nH]c(C)[n+]2COCC[Si](C)(C)C)c1[N+](=O)[O-]. The molecule has 0 atom stereocenters. The number of imidazole rings is 1. The molecule has 126 valence electrons. The molecule has 1 aromatic carbocycles. The Labute approximate surface area is 145 Å². The van der Waals surface area contributed by atoms with Crippen molar-refractivity contribution in [2.75, 3.05) is 6.61 Å². The number of hydrogen-bond donors (Lipinski definition) is 1. The molecule has 0 bridgehead atoms. The fourth-order valence-corrected chi connectivity index (χ4v) is 3.58. The summed E-state index contributed by atoms with van der Waals surface area (Å²) in [6.07, 6.45) is 0. The van der Waals surface area contributed by atoms with E-state index in [-0.39, 0.29) is 10.6 Å². The zero-order chi connectivity index (χ0) is 17.4. The Morgan fingerprint density at radius 3 is 2.61 bits per heavy atom. The van der Waals surface area contributed by atoms with Gasteiger partial charge in [-0.05, 0) is 13.0 Å². The molecule has 6 nitrogen and oxygen atoms in total. The molecular weight excluding hydrogens is 378 g/mol. The third kappa shape index (κ3) is 3.99. The average molecular weight is 401 g/mol. The van der Waals surface area contributed by atoms with Crippen LogP contribution in [0.25, 0.3) is 11.0 Å². The van der Waals surface area contributed by atoms with Gasteiger partial charge in [-0.3, -0.25) is 10.1 Å². The minimum absolute atomic E-state index is 0.110. The van der Waals surface area contributed by atoms with Crippen LogP contribution in [0.4, 0.5) is 5.69 Å². The second-order valence-corrected chi connectivity index (χ2v) is 13.4. The Morgan fingerprint density at radius 2 is 2.04 bits per heavy atom. The molecule has 0 unspecified atom stereocenters. The van der Waals surface area contributed by atoms with E-state index in [1.165, 1.54) is 0 Å². The number of nitro benzene ring substituents is 1. The van der Waals surface area contributed by atoms with Crippen molar-refractivity contribution in [2.24, 2.45) is 0 Å². The first-order valence-corrected chi connectivity index (χ1v) is 12.0. The monoisotopic (exact) mass is 400 g/mol. The number of nitrogens with zero attached hydrogens (tertiary/aromatic N) is 2. The van der Waals surface area contributed by atoms with Gasteiger partial charge in [0.25, 0.3) is 11.3 Å². The fourth-order valence-electron chi connectivity index (χ4n) is 2.42. The number of ether oxygens (including phenoxy) is 1. The van der Waals surface area contributed by atoms with Gasteiger partial charge in [0.1, 0.15) is 0 Å². The topological polar surface area (TPSA) is 72.0 Å². The molecule has 2 rings (SSSR count). The van der Waals surface area contributed by atoms with Crippen LogP contribution in [-0.2, 0) is 11.5 Å². The molecule has 0 radical (unpaired) electrons. The van der Waals surface area contributed by atoms with E-state index in [1.807, 2.05) is 17.6 Å². The molecule has 23 heavy (non-hydrogen) atoms. The lowest BCUT2D eigenvalue weighted by molar-refractivity contribution is -0.714. The molecule has 0 aliphatic rings. The van der Waals surface area contributed by atoms with Crippen LogP contribution < -0.4 is 4.57 Å². The number of aromatic nitrogens is 2. The van der Waals surface area contributed by atoms with Gasteiger partial charge < -0.3 is 4.74 Å². The van der Waals surface area contributed by atoms with Crippen LogP contribution in [-0.4, -0.2) is 24.6 Å². The number of nitro groups is 1. The largest absolute Gasteiger partial charge is 0.342 e. The van der Waals surface area contributed by atoms with Crippen molar-refractivity contribution >= 4 is 40.7 Å². The highest BCUT2D eigenvalue weighted by molar-refractivity contribution is 9.10. The van der Waals surface area contributed by atoms with Crippen molar-refractivity contribution < 1.29 is 14.2 Å². The van der Waals surface area contributed by atoms with Crippen LogP contribution in [0, 0.1) is 24.0 Å². The lowest BCUT2D eigenvalue weighted by atomic mass is 10.2. The van der Waals surface area contributed by atoms with Gasteiger partial charge in [-0.25, -0.2) is 9.55 Å². The van der Waals surface area contributed by atoms with Crippen molar-refractivity contribution in [3.63, 3.8) is 0 Å². The van der Waals surface area contributed by atoms with E-state index in [0.29, 0.717) is 24.4 Å². The van der Waals surface area contributed by atoms with Crippen LogP contribution in [0.1, 0.15) is 11.4 Å². The van der Waals surface area contributed by atoms with Crippen molar-refractivity contribution in [2.45, 2.75) is 46.3 Å². The van der Waals surface area contributed by atoms with Crippen LogP contribution in [0.3, 0.4) is 0 Å². The molecule has 1 aromatic heterocycles. The number of nitrogens with one attached hydrogen (secondary N) is 1. The Balaban J connectivity index is 2.35. The summed E-state index contributed by atoms with van der Waals surface area (Å²) in [5.74, 6) is 0.841. The van der Waals surface area contributed by atoms with Gasteiger partial charge >= 0.3 is 5.69 Å². The Bertz CT molecular complexity index is 753. The average Bonchev–Trinajstić information content (AvgIpc) is 2.70. The number of hydrogen-bond acceptors (Lipinski definition) is 3. The van der Waals surface area contributed by atoms with E-state index >= 15 is 0 Å². The number of aryl methyl sites for hydroxylation is 1. The molecule has 2 aromatic rings. The Kier molecular flexibility index (Phi) is 5.27. The summed E-state index contributed by atoms with van der Waals surface area (Å²) >= 11 is 3.42. The summed E-state index contributed by atoms with van der Waals surface area (Å²) in [6, 6.07) is 3.00. The summed E-state index contributed by atoms with van der Waals surface area (Å²) in [5, 5.41) is 11.4. The summed E-state index contributed by atoms with van der Waals surface area (Å²) in [7, 11) is -1.13. The van der Waals surface area contributed by atoms with Gasteiger partial charge in [0.15, 0.2) is 12.2 Å². The van der Waals surface area contributed by atoms with Crippen LogP contribution in [0.15, 0.2) is 10.5 Å². The second-order valence-electron chi connectivity index (χ2n) is 6.97. The number of halogens is 1. The van der Waals surface area contributed by atoms with Crippen LogP contribution in [0.2, 0.25) is 25.7 Å².